The van der Waals surface area contributed by atoms with Crippen molar-refractivity contribution in [3.8, 4) is 0 Å². The Balaban J connectivity index is 2.64. The summed E-state index contributed by atoms with van der Waals surface area (Å²) in [6, 6.07) is -1.17. The molecule has 0 aliphatic carbocycles. The summed E-state index contributed by atoms with van der Waals surface area (Å²) in [5.74, 6) is -2.28. The van der Waals surface area contributed by atoms with Crippen LogP contribution >= 0.6 is 11.8 Å². The second-order valence-corrected chi connectivity index (χ2v) is 6.85. The number of rotatable bonds is 12. The minimum Gasteiger partial charge on any atom is -0.477 e. The molecule has 0 radical (unpaired) electrons. The molecule has 0 bridgehead atoms. The van der Waals surface area contributed by atoms with Crippen LogP contribution in [0.15, 0.2) is 4.99 Å². The first-order chi connectivity index (χ1) is 12.4. The number of nitrogens with one attached hydrogen (secondary N) is 1. The molecule has 0 saturated carbocycles. The number of thioether (sulfide) groups is 1. The Labute approximate surface area is 153 Å². The highest BCUT2D eigenvalue weighted by Gasteiger charge is 2.34. The molecule has 1 aliphatic rings. The van der Waals surface area contributed by atoms with Crippen LogP contribution in [0.3, 0.4) is 0 Å². The van der Waals surface area contributed by atoms with Crippen LogP contribution in [-0.4, -0.2) is 75.9 Å². The highest BCUT2D eigenvalue weighted by atomic mass is 32.2. The third-order valence-corrected chi connectivity index (χ3v) is 4.99. The summed E-state index contributed by atoms with van der Waals surface area (Å²) in [7, 11) is 0. The molecule has 1 amide bonds. The third-order valence-electron chi connectivity index (χ3n) is 3.66. The van der Waals surface area contributed by atoms with Crippen molar-refractivity contribution >= 4 is 35.6 Å². The molecule has 6 N–H and O–H groups in total. The van der Waals surface area contributed by atoms with Crippen LogP contribution < -0.4 is 11.1 Å². The number of amides is 1. The van der Waals surface area contributed by atoms with Gasteiger partial charge in [-0.1, -0.05) is 0 Å². The summed E-state index contributed by atoms with van der Waals surface area (Å²) >= 11 is 1.19. The van der Waals surface area contributed by atoms with Crippen LogP contribution in [0.2, 0.25) is 0 Å². The van der Waals surface area contributed by atoms with E-state index in [1.165, 1.54) is 11.8 Å². The van der Waals surface area contributed by atoms with Crippen molar-refractivity contribution in [2.75, 3.05) is 19.0 Å². The lowest BCUT2D eigenvalue weighted by Gasteiger charge is -2.28. The van der Waals surface area contributed by atoms with Crippen molar-refractivity contribution in [1.29, 1.82) is 0 Å². The van der Waals surface area contributed by atoms with Gasteiger partial charge in [0.25, 0.3) is 0 Å². The van der Waals surface area contributed by atoms with Crippen molar-refractivity contribution in [2.45, 2.75) is 36.7 Å². The molecule has 4 atom stereocenters. The number of aldehydes is 1. The molecule has 0 aromatic heterocycles. The summed E-state index contributed by atoms with van der Waals surface area (Å²) < 4.78 is 0. The SMILES string of the molecule is NC(CCCC(=O)NC(COO)C1N=C(C(=O)O)C(C=O)CS1)COO. The molecule has 4 unspecified atom stereocenters. The van der Waals surface area contributed by atoms with E-state index in [1.54, 1.807) is 0 Å². The topological polar surface area (TPSA) is 181 Å². The van der Waals surface area contributed by atoms with E-state index in [4.69, 9.17) is 21.4 Å². The summed E-state index contributed by atoms with van der Waals surface area (Å²) in [5.41, 5.74) is 5.35. The largest absolute Gasteiger partial charge is 0.477 e. The van der Waals surface area contributed by atoms with E-state index in [2.05, 4.69) is 20.1 Å². The monoisotopic (exact) mass is 393 g/mol. The highest BCUT2D eigenvalue weighted by Crippen LogP contribution is 2.26. The molecule has 0 aromatic rings. The molecule has 1 heterocycles. The average molecular weight is 393 g/mol. The maximum Gasteiger partial charge on any atom is 0.350 e. The van der Waals surface area contributed by atoms with Gasteiger partial charge >= 0.3 is 5.97 Å². The van der Waals surface area contributed by atoms with Crippen molar-refractivity contribution in [3.63, 3.8) is 0 Å². The number of aliphatic carboxylic acids is 1. The number of carboxylic acids is 1. The predicted octanol–water partition coefficient (Wildman–Crippen LogP) is -0.638. The smallest absolute Gasteiger partial charge is 0.350 e. The van der Waals surface area contributed by atoms with Crippen molar-refractivity contribution in [1.82, 2.24) is 5.32 Å². The first-order valence-electron chi connectivity index (χ1n) is 7.88. The summed E-state index contributed by atoms with van der Waals surface area (Å²) in [5, 5.41) is 28.1. The zero-order valence-corrected chi connectivity index (χ0v) is 14.8. The highest BCUT2D eigenvalue weighted by molar-refractivity contribution is 8.00. The molecule has 1 rings (SSSR count). The lowest BCUT2D eigenvalue weighted by atomic mass is 10.1. The Morgan fingerprint density at radius 2 is 2.08 bits per heavy atom. The van der Waals surface area contributed by atoms with E-state index in [-0.39, 0.29) is 37.0 Å². The normalized spacial score (nSPS) is 22.2. The van der Waals surface area contributed by atoms with Crippen LogP contribution in [0.4, 0.5) is 0 Å². The first kappa shape index (κ1) is 22.5. The minimum absolute atomic E-state index is 0.0358. The van der Waals surface area contributed by atoms with Gasteiger partial charge in [0.1, 0.15) is 24.0 Å². The number of nitrogens with two attached hydrogens (primary N) is 1. The van der Waals surface area contributed by atoms with Crippen LogP contribution in [0.5, 0.6) is 0 Å². The van der Waals surface area contributed by atoms with Gasteiger partial charge in [0.05, 0.1) is 18.6 Å². The van der Waals surface area contributed by atoms with Crippen LogP contribution in [0.1, 0.15) is 19.3 Å². The Morgan fingerprint density at radius 3 is 2.65 bits per heavy atom. The van der Waals surface area contributed by atoms with Gasteiger partial charge in [0.2, 0.25) is 5.91 Å². The van der Waals surface area contributed by atoms with Gasteiger partial charge in [-0.15, -0.1) is 11.8 Å². The molecule has 0 fully saturated rings. The van der Waals surface area contributed by atoms with E-state index in [1.807, 2.05) is 0 Å². The number of hydrogen-bond acceptors (Lipinski definition) is 10. The quantitative estimate of drug-likeness (QED) is 0.162. The molecule has 1 aliphatic heterocycles. The Hall–Kier alpha value is -1.57. The van der Waals surface area contributed by atoms with E-state index in [9.17, 15) is 14.4 Å². The minimum atomic E-state index is -1.30. The zero-order valence-electron chi connectivity index (χ0n) is 13.9. The van der Waals surface area contributed by atoms with Crippen molar-refractivity contribution in [3.05, 3.63) is 0 Å². The maximum atomic E-state index is 12.0. The molecular formula is C14H23N3O8S. The van der Waals surface area contributed by atoms with E-state index >= 15 is 0 Å². The lowest BCUT2D eigenvalue weighted by molar-refractivity contribution is -0.246. The molecular weight excluding hydrogens is 370 g/mol. The molecule has 0 aromatic carbocycles. The van der Waals surface area contributed by atoms with Gasteiger partial charge in [-0.05, 0) is 12.8 Å². The van der Waals surface area contributed by atoms with Crippen LogP contribution in [-0.2, 0) is 24.2 Å². The predicted molar refractivity (Wildman–Crippen MR) is 91.8 cm³/mol. The van der Waals surface area contributed by atoms with Gasteiger partial charge in [-0.3, -0.25) is 20.3 Å². The van der Waals surface area contributed by atoms with E-state index < -0.39 is 29.3 Å². The molecule has 12 heteroatoms. The number of aliphatic imine (C=N–C) groups is 1. The summed E-state index contributed by atoms with van der Waals surface area (Å²) in [6.07, 6.45) is 1.55. The Morgan fingerprint density at radius 1 is 1.38 bits per heavy atom. The fourth-order valence-electron chi connectivity index (χ4n) is 2.33. The molecule has 148 valence electrons. The van der Waals surface area contributed by atoms with Gasteiger partial charge in [0, 0.05) is 18.2 Å². The fourth-order valence-corrected chi connectivity index (χ4v) is 3.54. The average Bonchev–Trinajstić information content (AvgIpc) is 2.61. The maximum absolute atomic E-state index is 12.0. The van der Waals surface area contributed by atoms with Gasteiger partial charge < -0.3 is 21.0 Å². The first-order valence-corrected chi connectivity index (χ1v) is 8.93. The van der Waals surface area contributed by atoms with Crippen molar-refractivity contribution < 1.29 is 39.8 Å². The second-order valence-electron chi connectivity index (χ2n) is 5.70. The number of nitrogens with zero attached hydrogens (tertiary/aromatic N) is 1. The van der Waals surface area contributed by atoms with Crippen LogP contribution in [0, 0.1) is 5.92 Å². The Kier molecular flexibility index (Phi) is 10.3. The molecule has 0 saturated heterocycles. The Bertz CT molecular complexity index is 518. The summed E-state index contributed by atoms with van der Waals surface area (Å²) in [4.78, 5) is 46.3. The molecule has 11 nitrogen and oxygen atoms in total. The number of carbonyl (C=O) groups excluding carboxylic acids is 2. The third kappa shape index (κ3) is 7.35. The van der Waals surface area contributed by atoms with Gasteiger partial charge in [-0.2, -0.15) is 0 Å². The van der Waals surface area contributed by atoms with Gasteiger partial charge in [0.15, 0.2) is 0 Å². The zero-order chi connectivity index (χ0) is 19.5. The van der Waals surface area contributed by atoms with Crippen LogP contribution in [0.25, 0.3) is 0 Å². The molecule has 0 spiro atoms. The summed E-state index contributed by atoms with van der Waals surface area (Å²) in [6.45, 7) is -0.324. The van der Waals surface area contributed by atoms with E-state index in [0.717, 1.165) is 0 Å². The number of carbonyl (C=O) groups is 3. The van der Waals surface area contributed by atoms with Gasteiger partial charge in [-0.25, -0.2) is 14.6 Å². The standard InChI is InChI=1S/C14H23N3O8S/c15-9(5-24-22)2-1-3-11(19)16-10(6-25-23)13-17-12(14(20)21)8(4-18)7-26-13/h4,8-10,13,22-23H,1-3,5-7,15H2,(H,16,19)(H,20,21). The number of hydrogen-bond donors (Lipinski definition) is 5. The lowest BCUT2D eigenvalue weighted by Crippen LogP contribution is -2.47. The second kappa shape index (κ2) is 11.9. The number of carboxylic acid groups (broad SMARTS) is 1. The van der Waals surface area contributed by atoms with E-state index in [0.29, 0.717) is 19.1 Å². The molecule has 26 heavy (non-hydrogen) atoms. The van der Waals surface area contributed by atoms with Crippen molar-refractivity contribution in [2.24, 2.45) is 16.6 Å². The fraction of sp³-hybridized carbons (Fsp3) is 0.714.